The molecule has 0 heterocycles. The van der Waals surface area contributed by atoms with Gasteiger partial charge in [-0.05, 0) is 73.9 Å². The zero-order valence-electron chi connectivity index (χ0n) is 24.4. The molecule has 0 saturated carbocycles. The van der Waals surface area contributed by atoms with E-state index in [1.54, 1.807) is 56.3 Å². The minimum atomic E-state index is -4.29. The predicted molar refractivity (Wildman–Crippen MR) is 173 cm³/mol. The maximum Gasteiger partial charge on any atom is 0.264 e. The molecule has 0 aromatic heterocycles. The highest BCUT2D eigenvalue weighted by molar-refractivity contribution is 7.92. The molecule has 0 fully saturated rings. The van der Waals surface area contributed by atoms with E-state index in [0.717, 1.165) is 17.1 Å². The highest BCUT2D eigenvalue weighted by Crippen LogP contribution is 2.33. The summed E-state index contributed by atoms with van der Waals surface area (Å²) in [6.45, 7) is 5.65. The van der Waals surface area contributed by atoms with E-state index in [2.05, 4.69) is 5.32 Å². The molecule has 12 heteroatoms. The third-order valence-electron chi connectivity index (χ3n) is 6.69. The molecule has 0 aliphatic heterocycles. The molecule has 0 aliphatic carbocycles. The molecule has 1 unspecified atom stereocenters. The third kappa shape index (κ3) is 9.01. The zero-order valence-corrected chi connectivity index (χ0v) is 27.4. The van der Waals surface area contributed by atoms with Gasteiger partial charge in [-0.1, -0.05) is 73.3 Å². The van der Waals surface area contributed by atoms with Gasteiger partial charge in [0.05, 0.1) is 17.2 Å². The van der Waals surface area contributed by atoms with Gasteiger partial charge in [-0.25, -0.2) is 8.42 Å². The molecule has 3 aromatic rings. The number of halogens is 3. The van der Waals surface area contributed by atoms with Crippen LogP contribution in [0.1, 0.15) is 45.6 Å². The number of benzene rings is 3. The smallest absolute Gasteiger partial charge is 0.264 e. The van der Waals surface area contributed by atoms with Gasteiger partial charge in [0.1, 0.15) is 18.3 Å². The number of hydrogen-bond donors (Lipinski definition) is 1. The number of unbranched alkanes of at least 4 members (excludes halogenated alkanes) is 1. The van der Waals surface area contributed by atoms with E-state index in [-0.39, 0.29) is 41.8 Å². The highest BCUT2D eigenvalue weighted by Gasteiger charge is 2.35. The van der Waals surface area contributed by atoms with E-state index >= 15 is 0 Å². The van der Waals surface area contributed by atoms with Crippen LogP contribution in [0.5, 0.6) is 5.75 Å². The molecule has 1 atom stereocenters. The average molecular weight is 669 g/mol. The molecule has 3 aromatic carbocycles. The molecule has 3 rings (SSSR count). The van der Waals surface area contributed by atoms with Crippen LogP contribution >= 0.6 is 34.8 Å². The van der Waals surface area contributed by atoms with Crippen molar-refractivity contribution < 1.29 is 22.7 Å². The van der Waals surface area contributed by atoms with Gasteiger partial charge in [-0.3, -0.25) is 13.9 Å². The van der Waals surface area contributed by atoms with Gasteiger partial charge in [0.2, 0.25) is 11.8 Å². The first-order chi connectivity index (χ1) is 20.5. The fourth-order valence-corrected chi connectivity index (χ4v) is 6.47. The topological polar surface area (TPSA) is 96.0 Å². The van der Waals surface area contributed by atoms with Crippen LogP contribution in [0.25, 0.3) is 0 Å². The van der Waals surface area contributed by atoms with E-state index in [0.29, 0.717) is 27.2 Å². The first-order valence-corrected chi connectivity index (χ1v) is 16.6. The molecule has 0 spiro atoms. The molecule has 0 bridgehead atoms. The second-order valence-electron chi connectivity index (χ2n) is 9.69. The number of nitrogens with one attached hydrogen (secondary N) is 1. The van der Waals surface area contributed by atoms with Crippen LogP contribution in [-0.4, -0.2) is 50.9 Å². The number of ether oxygens (including phenoxy) is 1. The van der Waals surface area contributed by atoms with Crippen molar-refractivity contribution in [2.75, 3.05) is 24.0 Å². The molecule has 232 valence electrons. The van der Waals surface area contributed by atoms with E-state index in [9.17, 15) is 18.0 Å². The number of carbonyl (C=O) groups is 2. The van der Waals surface area contributed by atoms with Gasteiger partial charge < -0.3 is 15.0 Å². The Hall–Kier alpha value is -2.98. The first kappa shape index (κ1) is 34.5. The fourth-order valence-electron chi connectivity index (χ4n) is 4.45. The van der Waals surface area contributed by atoms with Crippen LogP contribution in [0.2, 0.25) is 15.1 Å². The lowest BCUT2D eigenvalue weighted by Crippen LogP contribution is -2.52. The molecular formula is C31H36Cl3N3O5S. The number of carbonyl (C=O) groups excluding carboxylic acids is 2. The van der Waals surface area contributed by atoms with Gasteiger partial charge in [0, 0.05) is 28.2 Å². The Morgan fingerprint density at radius 1 is 0.930 bits per heavy atom. The lowest BCUT2D eigenvalue weighted by Gasteiger charge is -2.33. The molecule has 0 saturated heterocycles. The quantitative estimate of drug-likeness (QED) is 0.177. The van der Waals surface area contributed by atoms with Crippen molar-refractivity contribution in [3.63, 3.8) is 0 Å². The SMILES string of the molecule is CCCCNC(=O)C(CC)N(Cc1ccc(Cl)cc1Cl)C(=O)CN(c1ccccc1OCC)S(=O)(=O)c1ccc(Cl)cc1. The standard InChI is InChI=1S/C31H36Cl3N3O5S/c1-4-7-18-35-31(39)27(5-2)36(20-22-12-13-24(33)19-26(22)34)30(38)21-37(28-10-8-9-11-29(28)42-6-3)43(40,41)25-16-14-23(32)15-17-25/h8-17,19,27H,4-7,18,20-21H2,1-3H3,(H,35,39). The summed E-state index contributed by atoms with van der Waals surface area (Å²) in [6, 6.07) is 16.2. The second kappa shape index (κ2) is 16.2. The van der Waals surface area contributed by atoms with Gasteiger partial charge in [-0.2, -0.15) is 0 Å². The summed E-state index contributed by atoms with van der Waals surface area (Å²) in [4.78, 5) is 28.9. The van der Waals surface area contributed by atoms with Crippen molar-refractivity contribution >= 4 is 62.3 Å². The third-order valence-corrected chi connectivity index (χ3v) is 9.30. The zero-order chi connectivity index (χ0) is 31.6. The van der Waals surface area contributed by atoms with Crippen molar-refractivity contribution in [2.45, 2.75) is 57.5 Å². The first-order valence-electron chi connectivity index (χ1n) is 14.0. The van der Waals surface area contributed by atoms with E-state index in [4.69, 9.17) is 39.5 Å². The van der Waals surface area contributed by atoms with Gasteiger partial charge >= 0.3 is 0 Å². The van der Waals surface area contributed by atoms with Crippen molar-refractivity contribution in [1.29, 1.82) is 0 Å². The Kier molecular flexibility index (Phi) is 13.0. The monoisotopic (exact) mass is 667 g/mol. The van der Waals surface area contributed by atoms with Crippen molar-refractivity contribution in [3.05, 3.63) is 87.4 Å². The molecule has 0 radical (unpaired) electrons. The number of rotatable bonds is 15. The Balaban J connectivity index is 2.11. The van der Waals surface area contributed by atoms with Crippen LogP contribution in [0.15, 0.2) is 71.6 Å². The summed E-state index contributed by atoms with van der Waals surface area (Å²) in [5, 5.41) is 4.00. The van der Waals surface area contributed by atoms with Crippen LogP contribution in [0.3, 0.4) is 0 Å². The molecule has 8 nitrogen and oxygen atoms in total. The van der Waals surface area contributed by atoms with E-state index in [1.807, 2.05) is 6.92 Å². The van der Waals surface area contributed by atoms with Crippen LogP contribution in [-0.2, 0) is 26.2 Å². The highest BCUT2D eigenvalue weighted by atomic mass is 35.5. The molecule has 1 N–H and O–H groups in total. The van der Waals surface area contributed by atoms with E-state index in [1.165, 1.54) is 29.2 Å². The Labute approximate surface area is 268 Å². The summed E-state index contributed by atoms with van der Waals surface area (Å²) in [5.41, 5.74) is 0.735. The maximum atomic E-state index is 14.3. The average Bonchev–Trinajstić information content (AvgIpc) is 2.97. The largest absolute Gasteiger partial charge is 0.492 e. The Morgan fingerprint density at radius 2 is 1.60 bits per heavy atom. The van der Waals surface area contributed by atoms with Crippen molar-refractivity contribution in [2.24, 2.45) is 0 Å². The lowest BCUT2D eigenvalue weighted by atomic mass is 10.1. The number of sulfonamides is 1. The predicted octanol–water partition coefficient (Wildman–Crippen LogP) is 6.96. The van der Waals surface area contributed by atoms with Gasteiger partial charge in [0.15, 0.2) is 0 Å². The Morgan fingerprint density at radius 3 is 2.23 bits per heavy atom. The lowest BCUT2D eigenvalue weighted by molar-refractivity contribution is -0.140. The fraction of sp³-hybridized carbons (Fsp3) is 0.355. The summed E-state index contributed by atoms with van der Waals surface area (Å²) in [7, 11) is -4.29. The summed E-state index contributed by atoms with van der Waals surface area (Å²) in [5.74, 6) is -0.657. The molecule has 2 amide bonds. The minimum Gasteiger partial charge on any atom is -0.492 e. The number of anilines is 1. The van der Waals surface area contributed by atoms with Crippen LogP contribution < -0.4 is 14.4 Å². The minimum absolute atomic E-state index is 0.0452. The number of amides is 2. The van der Waals surface area contributed by atoms with E-state index < -0.39 is 28.5 Å². The van der Waals surface area contributed by atoms with Crippen LogP contribution in [0.4, 0.5) is 5.69 Å². The molecule has 43 heavy (non-hydrogen) atoms. The molecule has 0 aliphatic rings. The number of hydrogen-bond acceptors (Lipinski definition) is 5. The number of nitrogens with zero attached hydrogens (tertiary/aromatic N) is 2. The van der Waals surface area contributed by atoms with Crippen molar-refractivity contribution in [3.8, 4) is 5.75 Å². The number of para-hydroxylation sites is 2. The maximum absolute atomic E-state index is 14.3. The van der Waals surface area contributed by atoms with Gasteiger partial charge in [0.25, 0.3) is 10.0 Å². The normalized spacial score (nSPS) is 12.0. The Bertz CT molecular complexity index is 1500. The van der Waals surface area contributed by atoms with Gasteiger partial charge in [-0.15, -0.1) is 0 Å². The van der Waals surface area contributed by atoms with Crippen LogP contribution in [0, 0.1) is 0 Å². The summed E-state index contributed by atoms with van der Waals surface area (Å²) in [6.07, 6.45) is 1.95. The molecular weight excluding hydrogens is 633 g/mol. The summed E-state index contributed by atoms with van der Waals surface area (Å²) < 4.78 is 34.9. The summed E-state index contributed by atoms with van der Waals surface area (Å²) >= 11 is 18.6. The van der Waals surface area contributed by atoms with Crippen molar-refractivity contribution in [1.82, 2.24) is 10.2 Å². The second-order valence-corrected chi connectivity index (χ2v) is 12.8.